The summed E-state index contributed by atoms with van der Waals surface area (Å²) in [6.45, 7) is 5.80. The van der Waals surface area contributed by atoms with E-state index < -0.39 is 5.41 Å². The van der Waals surface area contributed by atoms with Crippen LogP contribution < -0.4 is 4.90 Å². The minimum atomic E-state index is -0.531. The lowest BCUT2D eigenvalue weighted by Gasteiger charge is -2.41. The van der Waals surface area contributed by atoms with Crippen molar-refractivity contribution in [2.45, 2.75) is 39.3 Å². The fourth-order valence-corrected chi connectivity index (χ4v) is 3.83. The van der Waals surface area contributed by atoms with Gasteiger partial charge in [-0.3, -0.25) is 9.69 Å². The molecular weight excluding hydrogens is 372 g/mol. The topological polar surface area (TPSA) is 51.0 Å². The van der Waals surface area contributed by atoms with Crippen LogP contribution in [-0.4, -0.2) is 20.7 Å². The molecule has 3 aromatic rings. The number of anilines is 1. The molecule has 0 N–H and O–H groups in total. The van der Waals surface area contributed by atoms with Gasteiger partial charge in [-0.1, -0.05) is 74.8 Å². The van der Waals surface area contributed by atoms with Crippen LogP contribution in [0.3, 0.4) is 0 Å². The number of carbonyl (C=O) groups excluding carboxylic acids is 1. The predicted molar refractivity (Wildman–Crippen MR) is 110 cm³/mol. The van der Waals surface area contributed by atoms with Crippen LogP contribution in [0.25, 0.3) is 0 Å². The lowest BCUT2D eigenvalue weighted by atomic mass is 9.88. The second kappa shape index (κ2) is 7.06. The third-order valence-electron chi connectivity index (χ3n) is 5.12. The molecule has 2 aromatic carbocycles. The van der Waals surface area contributed by atoms with Gasteiger partial charge in [0, 0.05) is 10.4 Å². The third kappa shape index (κ3) is 3.31. The first-order valence-corrected chi connectivity index (χ1v) is 9.77. The van der Waals surface area contributed by atoms with Crippen molar-refractivity contribution < 1.29 is 4.79 Å². The smallest absolute Gasteiger partial charge is 0.235 e. The molecule has 4 rings (SSSR count). The van der Waals surface area contributed by atoms with Gasteiger partial charge in [0.2, 0.25) is 11.9 Å². The average molecular weight is 395 g/mol. The van der Waals surface area contributed by atoms with E-state index in [0.29, 0.717) is 17.4 Å². The molecule has 28 heavy (non-hydrogen) atoms. The molecule has 0 bridgehead atoms. The van der Waals surface area contributed by atoms with Crippen LogP contribution in [0.5, 0.6) is 0 Å². The fourth-order valence-electron chi connectivity index (χ4n) is 3.71. The molecule has 0 aliphatic carbocycles. The second-order valence-corrected chi connectivity index (χ2v) is 8.60. The summed E-state index contributed by atoms with van der Waals surface area (Å²) in [6, 6.07) is 17.8. The monoisotopic (exact) mass is 394 g/mol. The second-order valence-electron chi connectivity index (χ2n) is 8.16. The number of hydrogen-bond donors (Lipinski definition) is 0. The molecule has 1 amide bonds. The summed E-state index contributed by atoms with van der Waals surface area (Å²) in [6.07, 6.45) is 2.23. The van der Waals surface area contributed by atoms with Crippen LogP contribution in [0.4, 0.5) is 5.95 Å². The fraction of sp³-hybridized carbons (Fsp3) is 0.318. The van der Waals surface area contributed by atoms with Gasteiger partial charge in [-0.25, -0.2) is 4.68 Å². The van der Waals surface area contributed by atoms with Gasteiger partial charge in [0.1, 0.15) is 6.33 Å². The van der Waals surface area contributed by atoms with Gasteiger partial charge in [-0.05, 0) is 29.7 Å². The number of aromatic nitrogens is 3. The van der Waals surface area contributed by atoms with Crippen LogP contribution in [0.15, 0.2) is 60.9 Å². The van der Waals surface area contributed by atoms with Crippen molar-refractivity contribution in [2.24, 2.45) is 5.41 Å². The standard InChI is InChI=1S/C22H23ClN4O/c1-22(2,3)20(28)26-18(15-7-5-4-6-8-15)13-19(27-21(26)24-14-25-27)16-9-11-17(23)12-10-16/h4-12,14,18-19H,13H2,1-3H3. The molecule has 1 aliphatic rings. The highest BCUT2D eigenvalue weighted by molar-refractivity contribution is 6.30. The SMILES string of the molecule is CC(C)(C)C(=O)N1c2ncnn2C(c2ccc(Cl)cc2)CC1c1ccccc1. The number of fused-ring (bicyclic) bond motifs is 1. The summed E-state index contributed by atoms with van der Waals surface area (Å²) < 4.78 is 1.85. The lowest BCUT2D eigenvalue weighted by molar-refractivity contribution is -0.126. The first-order valence-electron chi connectivity index (χ1n) is 9.40. The van der Waals surface area contributed by atoms with Crippen LogP contribution >= 0.6 is 11.6 Å². The van der Waals surface area contributed by atoms with Gasteiger partial charge >= 0.3 is 0 Å². The third-order valence-corrected chi connectivity index (χ3v) is 5.37. The molecular formula is C22H23ClN4O. The highest BCUT2D eigenvalue weighted by Crippen LogP contribution is 2.43. The number of carbonyl (C=O) groups is 1. The number of hydrogen-bond acceptors (Lipinski definition) is 3. The summed E-state index contributed by atoms with van der Waals surface area (Å²) in [5.74, 6) is 0.616. The van der Waals surface area contributed by atoms with Crippen molar-refractivity contribution in [3.63, 3.8) is 0 Å². The summed E-state index contributed by atoms with van der Waals surface area (Å²) >= 11 is 6.08. The molecule has 5 nitrogen and oxygen atoms in total. The number of amides is 1. The van der Waals surface area contributed by atoms with Gasteiger partial charge in [-0.2, -0.15) is 10.1 Å². The molecule has 0 radical (unpaired) electrons. The highest BCUT2D eigenvalue weighted by Gasteiger charge is 2.42. The first-order chi connectivity index (χ1) is 13.4. The van der Waals surface area contributed by atoms with E-state index in [0.717, 1.165) is 11.1 Å². The molecule has 6 heteroatoms. The lowest BCUT2D eigenvalue weighted by Crippen LogP contribution is -2.47. The number of rotatable bonds is 2. The van der Waals surface area contributed by atoms with Crippen molar-refractivity contribution in [3.05, 3.63) is 77.1 Å². The van der Waals surface area contributed by atoms with Gasteiger partial charge in [0.05, 0.1) is 12.1 Å². The number of nitrogens with zero attached hydrogens (tertiary/aromatic N) is 4. The normalized spacial score (nSPS) is 19.4. The van der Waals surface area contributed by atoms with E-state index in [-0.39, 0.29) is 18.0 Å². The van der Waals surface area contributed by atoms with E-state index in [1.54, 1.807) is 0 Å². The molecule has 2 heterocycles. The largest absolute Gasteiger partial charge is 0.274 e. The van der Waals surface area contributed by atoms with Crippen molar-refractivity contribution >= 4 is 23.5 Å². The van der Waals surface area contributed by atoms with Gasteiger partial charge in [0.25, 0.3) is 0 Å². The van der Waals surface area contributed by atoms with Gasteiger partial charge < -0.3 is 0 Å². The Morgan fingerprint density at radius 1 is 1.00 bits per heavy atom. The van der Waals surface area contributed by atoms with Crippen LogP contribution in [0, 0.1) is 5.41 Å². The quantitative estimate of drug-likeness (QED) is 0.611. The van der Waals surface area contributed by atoms with E-state index >= 15 is 0 Å². The van der Waals surface area contributed by atoms with Crippen LogP contribution in [0.2, 0.25) is 5.02 Å². The summed E-state index contributed by atoms with van der Waals surface area (Å²) in [4.78, 5) is 19.7. The summed E-state index contributed by atoms with van der Waals surface area (Å²) in [7, 11) is 0. The van der Waals surface area contributed by atoms with Crippen LogP contribution in [0.1, 0.15) is 50.4 Å². The maximum absolute atomic E-state index is 13.4. The Kier molecular flexibility index (Phi) is 4.71. The number of halogens is 1. The van der Waals surface area contributed by atoms with Crippen molar-refractivity contribution in [1.29, 1.82) is 0 Å². The Morgan fingerprint density at radius 2 is 1.64 bits per heavy atom. The molecule has 0 spiro atoms. The molecule has 1 aliphatic heterocycles. The molecule has 2 unspecified atom stereocenters. The Bertz CT molecular complexity index is 976. The van der Waals surface area contributed by atoms with Gasteiger partial charge in [-0.15, -0.1) is 0 Å². The minimum absolute atomic E-state index is 0.0241. The van der Waals surface area contributed by atoms with Crippen molar-refractivity contribution in [1.82, 2.24) is 14.8 Å². The van der Waals surface area contributed by atoms with E-state index in [1.807, 2.05) is 72.8 Å². The molecule has 0 saturated carbocycles. The van der Waals surface area contributed by atoms with E-state index in [4.69, 9.17) is 11.6 Å². The Balaban J connectivity index is 1.86. The Morgan fingerprint density at radius 3 is 2.29 bits per heavy atom. The van der Waals surface area contributed by atoms with Crippen molar-refractivity contribution in [2.75, 3.05) is 4.90 Å². The van der Waals surface area contributed by atoms with E-state index in [2.05, 4.69) is 22.2 Å². The maximum atomic E-state index is 13.4. The Labute approximate surface area is 170 Å². The first kappa shape index (κ1) is 18.7. The molecule has 1 aromatic heterocycles. The molecule has 0 fully saturated rings. The molecule has 144 valence electrons. The summed E-state index contributed by atoms with van der Waals surface area (Å²) in [5.41, 5.74) is 1.66. The zero-order chi connectivity index (χ0) is 19.9. The zero-order valence-electron chi connectivity index (χ0n) is 16.2. The molecule has 0 saturated heterocycles. The predicted octanol–water partition coefficient (Wildman–Crippen LogP) is 5.05. The van der Waals surface area contributed by atoms with Crippen LogP contribution in [-0.2, 0) is 4.79 Å². The van der Waals surface area contributed by atoms with Gasteiger partial charge in [0.15, 0.2) is 0 Å². The minimum Gasteiger partial charge on any atom is -0.274 e. The van der Waals surface area contributed by atoms with E-state index in [9.17, 15) is 4.79 Å². The number of benzene rings is 2. The zero-order valence-corrected chi connectivity index (χ0v) is 17.0. The molecule has 2 atom stereocenters. The maximum Gasteiger partial charge on any atom is 0.235 e. The highest BCUT2D eigenvalue weighted by atomic mass is 35.5. The van der Waals surface area contributed by atoms with E-state index in [1.165, 1.54) is 6.33 Å². The Hall–Kier alpha value is -2.66. The van der Waals surface area contributed by atoms with Crippen molar-refractivity contribution in [3.8, 4) is 0 Å². The summed E-state index contributed by atoms with van der Waals surface area (Å²) in [5, 5.41) is 5.16. The average Bonchev–Trinajstić information content (AvgIpc) is 3.16.